The minimum Gasteiger partial charge on any atom is -0.396 e. The predicted octanol–water partition coefficient (Wildman–Crippen LogP) is 1.76. The SMILES string of the molecule is C#Cc1ccc(C2CC2CO)cc1. The molecule has 0 bridgehead atoms. The van der Waals surface area contributed by atoms with Gasteiger partial charge in [-0.15, -0.1) is 6.42 Å². The first-order valence-electron chi connectivity index (χ1n) is 4.52. The van der Waals surface area contributed by atoms with Crippen molar-refractivity contribution < 1.29 is 5.11 Å². The Morgan fingerprint density at radius 1 is 1.38 bits per heavy atom. The standard InChI is InChI=1S/C12H12O/c1-2-9-3-5-10(6-4-9)12-7-11(12)8-13/h1,3-6,11-13H,7-8H2. The van der Waals surface area contributed by atoms with Crippen LogP contribution in [0.3, 0.4) is 0 Å². The van der Waals surface area contributed by atoms with Crippen molar-refractivity contribution >= 4 is 0 Å². The Balaban J connectivity index is 2.12. The molecule has 2 unspecified atom stereocenters. The zero-order chi connectivity index (χ0) is 9.26. The Morgan fingerprint density at radius 3 is 2.54 bits per heavy atom. The number of rotatable bonds is 2. The van der Waals surface area contributed by atoms with Crippen molar-refractivity contribution in [2.45, 2.75) is 12.3 Å². The van der Waals surface area contributed by atoms with Gasteiger partial charge in [-0.2, -0.15) is 0 Å². The minimum absolute atomic E-state index is 0.307. The van der Waals surface area contributed by atoms with Gasteiger partial charge < -0.3 is 5.11 Å². The lowest BCUT2D eigenvalue weighted by atomic mass is 10.1. The van der Waals surface area contributed by atoms with Crippen LogP contribution in [-0.2, 0) is 0 Å². The second-order valence-electron chi connectivity index (χ2n) is 3.55. The Bertz CT molecular complexity index is 331. The molecule has 1 heteroatoms. The first-order valence-corrected chi connectivity index (χ1v) is 4.52. The van der Waals surface area contributed by atoms with Gasteiger partial charge in [0.15, 0.2) is 0 Å². The highest BCUT2D eigenvalue weighted by molar-refractivity contribution is 5.36. The van der Waals surface area contributed by atoms with E-state index in [1.807, 2.05) is 12.1 Å². The summed E-state index contributed by atoms with van der Waals surface area (Å²) in [4.78, 5) is 0. The lowest BCUT2D eigenvalue weighted by molar-refractivity contribution is 0.274. The first kappa shape index (κ1) is 8.34. The maximum atomic E-state index is 8.91. The average Bonchev–Trinajstić information content (AvgIpc) is 2.97. The molecule has 0 saturated heterocycles. The van der Waals surface area contributed by atoms with E-state index in [2.05, 4.69) is 18.1 Å². The molecule has 1 aromatic rings. The highest BCUT2D eigenvalue weighted by atomic mass is 16.3. The Kier molecular flexibility index (Phi) is 2.08. The van der Waals surface area contributed by atoms with Gasteiger partial charge in [0.1, 0.15) is 0 Å². The van der Waals surface area contributed by atoms with Crippen LogP contribution in [0.25, 0.3) is 0 Å². The average molecular weight is 172 g/mol. The van der Waals surface area contributed by atoms with Crippen molar-refractivity contribution in [1.82, 2.24) is 0 Å². The van der Waals surface area contributed by atoms with Gasteiger partial charge in [-0.3, -0.25) is 0 Å². The molecule has 0 radical (unpaired) electrons. The summed E-state index contributed by atoms with van der Waals surface area (Å²) in [6.07, 6.45) is 6.37. The summed E-state index contributed by atoms with van der Waals surface area (Å²) in [5, 5.41) is 8.91. The van der Waals surface area contributed by atoms with E-state index < -0.39 is 0 Å². The molecule has 1 fully saturated rings. The zero-order valence-corrected chi connectivity index (χ0v) is 7.40. The molecule has 2 rings (SSSR count). The third-order valence-corrected chi connectivity index (χ3v) is 2.66. The molecule has 0 aromatic heterocycles. The van der Waals surface area contributed by atoms with E-state index in [4.69, 9.17) is 11.5 Å². The molecule has 0 heterocycles. The van der Waals surface area contributed by atoms with Gasteiger partial charge >= 0.3 is 0 Å². The fraction of sp³-hybridized carbons (Fsp3) is 0.333. The Hall–Kier alpha value is -1.26. The van der Waals surface area contributed by atoms with Crippen LogP contribution in [0.15, 0.2) is 24.3 Å². The van der Waals surface area contributed by atoms with E-state index in [0.29, 0.717) is 18.4 Å². The Labute approximate surface area is 78.4 Å². The van der Waals surface area contributed by atoms with E-state index in [9.17, 15) is 0 Å². The number of hydrogen-bond acceptors (Lipinski definition) is 1. The van der Waals surface area contributed by atoms with Gasteiger partial charge in [-0.25, -0.2) is 0 Å². The fourth-order valence-corrected chi connectivity index (χ4v) is 1.68. The summed E-state index contributed by atoms with van der Waals surface area (Å²) in [5.41, 5.74) is 2.22. The monoisotopic (exact) mass is 172 g/mol. The summed E-state index contributed by atoms with van der Waals surface area (Å²) in [6, 6.07) is 8.05. The van der Waals surface area contributed by atoms with Gasteiger partial charge in [-0.1, -0.05) is 18.1 Å². The van der Waals surface area contributed by atoms with E-state index >= 15 is 0 Å². The van der Waals surface area contributed by atoms with Gasteiger partial charge in [-0.05, 0) is 36.0 Å². The topological polar surface area (TPSA) is 20.2 Å². The second-order valence-corrected chi connectivity index (χ2v) is 3.55. The van der Waals surface area contributed by atoms with Gasteiger partial charge in [0, 0.05) is 12.2 Å². The van der Waals surface area contributed by atoms with Crippen LogP contribution in [0.5, 0.6) is 0 Å². The smallest absolute Gasteiger partial charge is 0.0465 e. The second kappa shape index (κ2) is 3.24. The molecular formula is C12H12O. The summed E-state index contributed by atoms with van der Waals surface area (Å²) in [6.45, 7) is 0.307. The van der Waals surface area contributed by atoms with Crippen molar-refractivity contribution in [2.75, 3.05) is 6.61 Å². The lowest BCUT2D eigenvalue weighted by Crippen LogP contribution is -1.88. The fourth-order valence-electron chi connectivity index (χ4n) is 1.68. The number of hydrogen-bond donors (Lipinski definition) is 1. The molecule has 0 spiro atoms. The number of benzene rings is 1. The molecule has 1 nitrogen and oxygen atoms in total. The molecule has 13 heavy (non-hydrogen) atoms. The largest absolute Gasteiger partial charge is 0.396 e. The van der Waals surface area contributed by atoms with E-state index in [-0.39, 0.29) is 0 Å². The lowest BCUT2D eigenvalue weighted by Gasteiger charge is -1.98. The van der Waals surface area contributed by atoms with Crippen molar-refractivity contribution in [1.29, 1.82) is 0 Å². The highest BCUT2D eigenvalue weighted by Gasteiger charge is 2.37. The number of aliphatic hydroxyl groups is 1. The van der Waals surface area contributed by atoms with Crippen molar-refractivity contribution in [2.24, 2.45) is 5.92 Å². The first-order chi connectivity index (χ1) is 6.35. The maximum absolute atomic E-state index is 8.91. The molecule has 2 atom stereocenters. The van der Waals surface area contributed by atoms with Crippen LogP contribution in [-0.4, -0.2) is 11.7 Å². The quantitative estimate of drug-likeness (QED) is 0.674. The summed E-state index contributed by atoms with van der Waals surface area (Å²) >= 11 is 0. The Morgan fingerprint density at radius 2 is 2.08 bits per heavy atom. The third-order valence-electron chi connectivity index (χ3n) is 2.66. The molecule has 0 aliphatic heterocycles. The third kappa shape index (κ3) is 1.59. The molecule has 1 aromatic carbocycles. The maximum Gasteiger partial charge on any atom is 0.0465 e. The van der Waals surface area contributed by atoms with Crippen molar-refractivity contribution in [3.05, 3.63) is 35.4 Å². The van der Waals surface area contributed by atoms with Crippen LogP contribution < -0.4 is 0 Å². The van der Waals surface area contributed by atoms with Crippen LogP contribution >= 0.6 is 0 Å². The predicted molar refractivity (Wildman–Crippen MR) is 52.3 cm³/mol. The van der Waals surface area contributed by atoms with Gasteiger partial charge in [0.05, 0.1) is 0 Å². The summed E-state index contributed by atoms with van der Waals surface area (Å²) < 4.78 is 0. The summed E-state index contributed by atoms with van der Waals surface area (Å²) in [5.74, 6) is 3.64. The molecular weight excluding hydrogens is 160 g/mol. The number of terminal acetylenes is 1. The van der Waals surface area contributed by atoms with Crippen LogP contribution in [0.2, 0.25) is 0 Å². The normalized spacial score (nSPS) is 25.2. The molecule has 0 amide bonds. The minimum atomic E-state index is 0.307. The summed E-state index contributed by atoms with van der Waals surface area (Å²) in [7, 11) is 0. The van der Waals surface area contributed by atoms with Gasteiger partial charge in [0.25, 0.3) is 0 Å². The molecule has 1 saturated carbocycles. The van der Waals surface area contributed by atoms with Crippen LogP contribution in [0, 0.1) is 18.3 Å². The van der Waals surface area contributed by atoms with E-state index in [1.165, 1.54) is 5.56 Å². The molecule has 1 aliphatic rings. The van der Waals surface area contributed by atoms with Crippen molar-refractivity contribution in [3.8, 4) is 12.3 Å². The highest BCUT2D eigenvalue weighted by Crippen LogP contribution is 2.46. The van der Waals surface area contributed by atoms with E-state index in [1.54, 1.807) is 0 Å². The zero-order valence-electron chi connectivity index (χ0n) is 7.40. The molecule has 66 valence electrons. The van der Waals surface area contributed by atoms with Gasteiger partial charge in [0.2, 0.25) is 0 Å². The number of aliphatic hydroxyl groups excluding tert-OH is 1. The molecule has 1 N–H and O–H groups in total. The molecule has 1 aliphatic carbocycles. The van der Waals surface area contributed by atoms with Crippen LogP contribution in [0.1, 0.15) is 23.5 Å². The van der Waals surface area contributed by atoms with Crippen molar-refractivity contribution in [3.63, 3.8) is 0 Å². The van der Waals surface area contributed by atoms with E-state index in [0.717, 1.165) is 12.0 Å². The van der Waals surface area contributed by atoms with Crippen LogP contribution in [0.4, 0.5) is 0 Å².